The van der Waals surface area contributed by atoms with Gasteiger partial charge in [0, 0.05) is 26.2 Å². The van der Waals surface area contributed by atoms with Crippen LogP contribution in [0, 0.1) is 20.8 Å². The fourth-order valence-corrected chi connectivity index (χ4v) is 2.80. The first-order valence-electron chi connectivity index (χ1n) is 7.35. The number of ether oxygens (including phenoxy) is 1. The molecular formula is C17H29NO2. The summed E-state index contributed by atoms with van der Waals surface area (Å²) in [5.74, 6) is 0. The fraction of sp³-hybridized carbons (Fsp3) is 0.647. The summed E-state index contributed by atoms with van der Waals surface area (Å²) in [6.45, 7) is 12.7. The molecule has 114 valence electrons. The van der Waals surface area contributed by atoms with Crippen LogP contribution in [0.15, 0.2) is 12.1 Å². The Labute approximate surface area is 123 Å². The zero-order valence-electron chi connectivity index (χ0n) is 13.7. The van der Waals surface area contributed by atoms with Crippen molar-refractivity contribution < 1.29 is 9.84 Å². The minimum absolute atomic E-state index is 0.394. The first-order chi connectivity index (χ1) is 9.36. The predicted octanol–water partition coefficient (Wildman–Crippen LogP) is 3.00. The Morgan fingerprint density at radius 3 is 2.15 bits per heavy atom. The van der Waals surface area contributed by atoms with E-state index < -0.39 is 6.10 Å². The molecule has 0 aliphatic carbocycles. The predicted molar refractivity (Wildman–Crippen MR) is 84.2 cm³/mol. The zero-order chi connectivity index (χ0) is 15.3. The lowest BCUT2D eigenvalue weighted by Gasteiger charge is -2.29. The molecule has 1 N–H and O–H groups in total. The van der Waals surface area contributed by atoms with Crippen molar-refractivity contribution in [1.82, 2.24) is 4.90 Å². The van der Waals surface area contributed by atoms with Gasteiger partial charge in [-0.25, -0.2) is 0 Å². The molecule has 0 bridgehead atoms. The zero-order valence-corrected chi connectivity index (χ0v) is 13.7. The molecule has 0 aliphatic heterocycles. The van der Waals surface area contributed by atoms with Crippen LogP contribution in [0.2, 0.25) is 0 Å². The SMILES string of the molecule is COCCN(CC(O)c1c(C)cc(C)cc1C)C(C)C. The van der Waals surface area contributed by atoms with Crippen molar-refractivity contribution in [3.8, 4) is 0 Å². The number of hydrogen-bond acceptors (Lipinski definition) is 3. The summed E-state index contributed by atoms with van der Waals surface area (Å²) < 4.78 is 5.15. The van der Waals surface area contributed by atoms with Gasteiger partial charge in [-0.1, -0.05) is 17.7 Å². The van der Waals surface area contributed by atoms with Crippen LogP contribution < -0.4 is 0 Å². The molecule has 0 saturated carbocycles. The Bertz CT molecular complexity index is 406. The van der Waals surface area contributed by atoms with Gasteiger partial charge in [0.2, 0.25) is 0 Å². The number of aliphatic hydroxyl groups excluding tert-OH is 1. The summed E-state index contributed by atoms with van der Waals surface area (Å²) in [5.41, 5.74) is 4.66. The van der Waals surface area contributed by atoms with E-state index in [0.717, 1.165) is 12.1 Å². The molecule has 0 amide bonds. The lowest BCUT2D eigenvalue weighted by atomic mass is 9.95. The quantitative estimate of drug-likeness (QED) is 0.833. The van der Waals surface area contributed by atoms with Crippen LogP contribution in [-0.4, -0.2) is 42.9 Å². The van der Waals surface area contributed by atoms with Gasteiger partial charge in [-0.3, -0.25) is 4.90 Å². The van der Waals surface area contributed by atoms with Crippen molar-refractivity contribution in [1.29, 1.82) is 0 Å². The van der Waals surface area contributed by atoms with Crippen molar-refractivity contribution in [2.45, 2.75) is 46.8 Å². The molecule has 20 heavy (non-hydrogen) atoms. The average Bonchev–Trinajstić information content (AvgIpc) is 2.32. The monoisotopic (exact) mass is 279 g/mol. The summed E-state index contributed by atoms with van der Waals surface area (Å²) in [4.78, 5) is 2.26. The Hall–Kier alpha value is -0.900. The highest BCUT2D eigenvalue weighted by atomic mass is 16.5. The van der Waals surface area contributed by atoms with Crippen LogP contribution in [0.1, 0.15) is 42.2 Å². The summed E-state index contributed by atoms with van der Waals surface area (Å²) in [7, 11) is 1.71. The molecule has 3 nitrogen and oxygen atoms in total. The van der Waals surface area contributed by atoms with Gasteiger partial charge in [0.25, 0.3) is 0 Å². The van der Waals surface area contributed by atoms with E-state index >= 15 is 0 Å². The van der Waals surface area contributed by atoms with Crippen molar-refractivity contribution >= 4 is 0 Å². The fourth-order valence-electron chi connectivity index (χ4n) is 2.80. The van der Waals surface area contributed by atoms with Crippen molar-refractivity contribution in [2.75, 3.05) is 26.8 Å². The van der Waals surface area contributed by atoms with Gasteiger partial charge in [-0.05, 0) is 51.3 Å². The van der Waals surface area contributed by atoms with Crippen LogP contribution in [0.4, 0.5) is 0 Å². The van der Waals surface area contributed by atoms with E-state index in [-0.39, 0.29) is 0 Å². The standard InChI is InChI=1S/C17H29NO2/c1-12(2)18(7-8-20-6)11-16(19)17-14(4)9-13(3)10-15(17)5/h9-10,12,16,19H,7-8,11H2,1-6H3. The molecule has 1 rings (SSSR count). The first kappa shape index (κ1) is 17.2. The third-order valence-electron chi connectivity index (χ3n) is 3.79. The summed E-state index contributed by atoms with van der Waals surface area (Å²) in [6, 6.07) is 4.67. The number of nitrogens with zero attached hydrogens (tertiary/aromatic N) is 1. The molecule has 3 heteroatoms. The minimum Gasteiger partial charge on any atom is -0.387 e. The number of benzene rings is 1. The van der Waals surface area contributed by atoms with Gasteiger partial charge >= 0.3 is 0 Å². The highest BCUT2D eigenvalue weighted by molar-refractivity contribution is 5.39. The van der Waals surface area contributed by atoms with Crippen LogP contribution in [0.25, 0.3) is 0 Å². The van der Waals surface area contributed by atoms with Crippen LogP contribution in [0.5, 0.6) is 0 Å². The maximum Gasteiger partial charge on any atom is 0.0922 e. The van der Waals surface area contributed by atoms with E-state index in [2.05, 4.69) is 51.7 Å². The molecule has 1 unspecified atom stereocenters. The van der Waals surface area contributed by atoms with E-state index in [1.165, 1.54) is 16.7 Å². The Kier molecular flexibility index (Phi) is 6.66. The summed E-state index contributed by atoms with van der Waals surface area (Å²) >= 11 is 0. The van der Waals surface area contributed by atoms with Gasteiger partial charge in [0.05, 0.1) is 12.7 Å². The second-order valence-corrected chi connectivity index (χ2v) is 5.91. The number of aryl methyl sites for hydroxylation is 3. The lowest BCUT2D eigenvalue weighted by molar-refractivity contribution is 0.0716. The van der Waals surface area contributed by atoms with Crippen molar-refractivity contribution in [3.05, 3.63) is 34.4 Å². The largest absolute Gasteiger partial charge is 0.387 e. The van der Waals surface area contributed by atoms with Gasteiger partial charge in [-0.15, -0.1) is 0 Å². The Morgan fingerprint density at radius 2 is 1.70 bits per heavy atom. The van der Waals surface area contributed by atoms with Gasteiger partial charge < -0.3 is 9.84 Å². The van der Waals surface area contributed by atoms with E-state index in [4.69, 9.17) is 4.74 Å². The third-order valence-corrected chi connectivity index (χ3v) is 3.79. The molecular weight excluding hydrogens is 250 g/mol. The van der Waals surface area contributed by atoms with Crippen molar-refractivity contribution in [2.24, 2.45) is 0 Å². The molecule has 0 spiro atoms. The molecule has 0 fully saturated rings. The first-order valence-corrected chi connectivity index (χ1v) is 7.35. The van der Waals surface area contributed by atoms with E-state index in [1.807, 2.05) is 0 Å². The van der Waals surface area contributed by atoms with Crippen LogP contribution in [-0.2, 0) is 4.74 Å². The maximum absolute atomic E-state index is 10.6. The van der Waals surface area contributed by atoms with E-state index in [1.54, 1.807) is 7.11 Å². The topological polar surface area (TPSA) is 32.7 Å². The molecule has 0 aromatic heterocycles. The van der Waals surface area contributed by atoms with Crippen LogP contribution >= 0.6 is 0 Å². The van der Waals surface area contributed by atoms with E-state index in [0.29, 0.717) is 19.2 Å². The minimum atomic E-state index is -0.449. The van der Waals surface area contributed by atoms with Crippen LogP contribution in [0.3, 0.4) is 0 Å². The normalized spacial score (nSPS) is 13.2. The smallest absolute Gasteiger partial charge is 0.0922 e. The number of methoxy groups -OCH3 is 1. The van der Waals surface area contributed by atoms with Gasteiger partial charge in [0.15, 0.2) is 0 Å². The van der Waals surface area contributed by atoms with Gasteiger partial charge in [-0.2, -0.15) is 0 Å². The Balaban J connectivity index is 2.86. The number of rotatable bonds is 7. The molecule has 1 aromatic rings. The number of hydrogen-bond donors (Lipinski definition) is 1. The average molecular weight is 279 g/mol. The molecule has 1 atom stereocenters. The Morgan fingerprint density at radius 1 is 1.15 bits per heavy atom. The molecule has 1 aromatic carbocycles. The maximum atomic E-state index is 10.6. The van der Waals surface area contributed by atoms with E-state index in [9.17, 15) is 5.11 Å². The summed E-state index contributed by atoms with van der Waals surface area (Å²) in [6.07, 6.45) is -0.449. The lowest BCUT2D eigenvalue weighted by Crippen LogP contribution is -2.37. The highest BCUT2D eigenvalue weighted by Gasteiger charge is 2.19. The molecule has 0 heterocycles. The second kappa shape index (κ2) is 7.77. The van der Waals surface area contributed by atoms with Gasteiger partial charge in [0.1, 0.15) is 0 Å². The highest BCUT2D eigenvalue weighted by Crippen LogP contribution is 2.24. The third kappa shape index (κ3) is 4.58. The summed E-state index contributed by atoms with van der Waals surface area (Å²) in [5, 5.41) is 10.6. The number of aliphatic hydroxyl groups is 1. The molecule has 0 radical (unpaired) electrons. The molecule has 0 saturated heterocycles. The second-order valence-electron chi connectivity index (χ2n) is 5.91. The molecule has 0 aliphatic rings. The van der Waals surface area contributed by atoms with Crippen molar-refractivity contribution in [3.63, 3.8) is 0 Å².